The molecule has 6 heteroatoms. The number of pyridine rings is 1. The van der Waals surface area contributed by atoms with Crippen LogP contribution >= 0.6 is 11.6 Å². The van der Waals surface area contributed by atoms with Crippen LogP contribution in [-0.2, 0) is 9.53 Å². The Morgan fingerprint density at radius 3 is 3.00 bits per heavy atom. The van der Waals surface area contributed by atoms with Crippen LogP contribution < -0.4 is 0 Å². The first-order valence-corrected chi connectivity index (χ1v) is 7.11. The van der Waals surface area contributed by atoms with Crippen LogP contribution in [-0.4, -0.2) is 41.0 Å². The minimum Gasteiger partial charge on any atom is -0.464 e. The summed E-state index contributed by atoms with van der Waals surface area (Å²) >= 11 is 5.95. The molecule has 5 nitrogen and oxygen atoms in total. The molecule has 1 amide bonds. The standard InChI is InChI=1S/C14H17ClN2O3/c1-2-20-14(19)11-7-3-4-9-17(11)13(18)10-6-5-8-16-12(10)15/h5-6,8,11H,2-4,7,9H2,1H3. The maximum atomic E-state index is 12.5. The lowest BCUT2D eigenvalue weighted by atomic mass is 10.0. The number of rotatable bonds is 3. The molecular weight excluding hydrogens is 280 g/mol. The van der Waals surface area contributed by atoms with Gasteiger partial charge in [-0.3, -0.25) is 4.79 Å². The summed E-state index contributed by atoms with van der Waals surface area (Å²) < 4.78 is 5.05. The van der Waals surface area contributed by atoms with Gasteiger partial charge >= 0.3 is 5.97 Å². The maximum absolute atomic E-state index is 12.5. The van der Waals surface area contributed by atoms with E-state index in [0.29, 0.717) is 25.1 Å². The third kappa shape index (κ3) is 3.10. The molecule has 2 rings (SSSR count). The highest BCUT2D eigenvalue weighted by Gasteiger charge is 2.34. The number of nitrogens with zero attached hydrogens (tertiary/aromatic N) is 2. The first-order valence-electron chi connectivity index (χ1n) is 6.73. The van der Waals surface area contributed by atoms with Gasteiger partial charge < -0.3 is 9.64 Å². The van der Waals surface area contributed by atoms with Gasteiger partial charge in [0.2, 0.25) is 0 Å². The number of aromatic nitrogens is 1. The van der Waals surface area contributed by atoms with Crippen molar-refractivity contribution < 1.29 is 14.3 Å². The van der Waals surface area contributed by atoms with Crippen LogP contribution in [0.4, 0.5) is 0 Å². The third-order valence-corrected chi connectivity index (χ3v) is 3.61. The fourth-order valence-corrected chi connectivity index (χ4v) is 2.56. The van der Waals surface area contributed by atoms with Gasteiger partial charge in [-0.05, 0) is 38.3 Å². The summed E-state index contributed by atoms with van der Waals surface area (Å²) in [6.07, 6.45) is 3.94. The third-order valence-electron chi connectivity index (χ3n) is 3.31. The van der Waals surface area contributed by atoms with Crippen LogP contribution in [0.25, 0.3) is 0 Å². The van der Waals surface area contributed by atoms with E-state index in [0.717, 1.165) is 12.8 Å². The Morgan fingerprint density at radius 1 is 1.50 bits per heavy atom. The molecule has 1 unspecified atom stereocenters. The number of hydrogen-bond acceptors (Lipinski definition) is 4. The van der Waals surface area contributed by atoms with Gasteiger partial charge in [-0.2, -0.15) is 0 Å². The van der Waals surface area contributed by atoms with Crippen molar-refractivity contribution >= 4 is 23.5 Å². The highest BCUT2D eigenvalue weighted by atomic mass is 35.5. The molecule has 1 aliphatic heterocycles. The van der Waals surface area contributed by atoms with E-state index in [-0.39, 0.29) is 17.0 Å². The Balaban J connectivity index is 2.22. The quantitative estimate of drug-likeness (QED) is 0.634. The normalized spacial score (nSPS) is 18.7. The van der Waals surface area contributed by atoms with Gasteiger partial charge in [0.25, 0.3) is 5.91 Å². The monoisotopic (exact) mass is 296 g/mol. The minimum absolute atomic E-state index is 0.158. The van der Waals surface area contributed by atoms with E-state index in [4.69, 9.17) is 16.3 Å². The smallest absolute Gasteiger partial charge is 0.328 e. The van der Waals surface area contributed by atoms with E-state index in [9.17, 15) is 9.59 Å². The van der Waals surface area contributed by atoms with Crippen LogP contribution in [0.15, 0.2) is 18.3 Å². The number of carbonyl (C=O) groups is 2. The van der Waals surface area contributed by atoms with Gasteiger partial charge in [0, 0.05) is 12.7 Å². The molecule has 1 aliphatic rings. The maximum Gasteiger partial charge on any atom is 0.328 e. The van der Waals surface area contributed by atoms with E-state index >= 15 is 0 Å². The molecule has 1 aromatic rings. The molecule has 1 fully saturated rings. The van der Waals surface area contributed by atoms with Gasteiger partial charge in [0.1, 0.15) is 11.2 Å². The van der Waals surface area contributed by atoms with Gasteiger partial charge in [0.15, 0.2) is 0 Å². The fourth-order valence-electron chi connectivity index (χ4n) is 2.36. The average Bonchev–Trinajstić information content (AvgIpc) is 2.47. The first-order chi connectivity index (χ1) is 9.65. The van der Waals surface area contributed by atoms with Crippen molar-refractivity contribution in [2.75, 3.05) is 13.2 Å². The Kier molecular flexibility index (Phi) is 4.95. The summed E-state index contributed by atoms with van der Waals surface area (Å²) in [6, 6.07) is 2.75. The lowest BCUT2D eigenvalue weighted by Crippen LogP contribution is -2.48. The summed E-state index contributed by atoms with van der Waals surface area (Å²) in [4.78, 5) is 29.9. The van der Waals surface area contributed by atoms with Crippen LogP contribution in [0.3, 0.4) is 0 Å². The summed E-state index contributed by atoms with van der Waals surface area (Å²) in [5.74, 6) is -0.610. The van der Waals surface area contributed by atoms with Crippen molar-refractivity contribution in [2.24, 2.45) is 0 Å². The summed E-state index contributed by atoms with van der Waals surface area (Å²) in [5, 5.41) is 0.158. The van der Waals surface area contributed by atoms with E-state index in [2.05, 4.69) is 4.98 Å². The van der Waals surface area contributed by atoms with Crippen molar-refractivity contribution in [1.29, 1.82) is 0 Å². The summed E-state index contributed by atoms with van der Waals surface area (Å²) in [5.41, 5.74) is 0.324. The van der Waals surface area contributed by atoms with Crippen LogP contribution in [0.5, 0.6) is 0 Å². The summed E-state index contributed by atoms with van der Waals surface area (Å²) in [7, 11) is 0. The largest absolute Gasteiger partial charge is 0.464 e. The van der Waals surface area contributed by atoms with Crippen LogP contribution in [0, 0.1) is 0 Å². The molecule has 0 aliphatic carbocycles. The molecule has 1 aromatic heterocycles. The SMILES string of the molecule is CCOC(=O)C1CCCCN1C(=O)c1cccnc1Cl. The molecule has 0 N–H and O–H groups in total. The Morgan fingerprint density at radius 2 is 2.30 bits per heavy atom. The van der Waals surface area contributed by atoms with Gasteiger partial charge in [-0.1, -0.05) is 11.6 Å². The number of esters is 1. The molecule has 0 bridgehead atoms. The van der Waals surface area contributed by atoms with E-state index in [1.54, 1.807) is 24.0 Å². The number of halogens is 1. The second kappa shape index (κ2) is 6.70. The second-order valence-corrected chi connectivity index (χ2v) is 4.96. The average molecular weight is 297 g/mol. The van der Waals surface area contributed by atoms with Crippen molar-refractivity contribution in [1.82, 2.24) is 9.88 Å². The number of amides is 1. The van der Waals surface area contributed by atoms with Gasteiger partial charge in [0.05, 0.1) is 12.2 Å². The molecule has 108 valence electrons. The van der Waals surface area contributed by atoms with E-state index in [1.165, 1.54) is 6.20 Å². The molecule has 0 radical (unpaired) electrons. The second-order valence-electron chi connectivity index (χ2n) is 4.60. The number of likely N-dealkylation sites (tertiary alicyclic amines) is 1. The van der Waals surface area contributed by atoms with Crippen LogP contribution in [0.2, 0.25) is 5.15 Å². The van der Waals surface area contributed by atoms with Crippen LogP contribution in [0.1, 0.15) is 36.5 Å². The zero-order chi connectivity index (χ0) is 14.5. The molecular formula is C14H17ClN2O3. The molecule has 0 aromatic carbocycles. The number of hydrogen-bond donors (Lipinski definition) is 0. The highest BCUT2D eigenvalue weighted by molar-refractivity contribution is 6.32. The highest BCUT2D eigenvalue weighted by Crippen LogP contribution is 2.23. The minimum atomic E-state index is -0.521. The van der Waals surface area contributed by atoms with Gasteiger partial charge in [-0.25, -0.2) is 9.78 Å². The van der Waals surface area contributed by atoms with Crippen molar-refractivity contribution in [3.8, 4) is 0 Å². The summed E-state index contributed by atoms with van der Waals surface area (Å²) in [6.45, 7) is 2.60. The lowest BCUT2D eigenvalue weighted by molar-refractivity contribution is -0.149. The first kappa shape index (κ1) is 14.8. The number of ether oxygens (including phenoxy) is 1. The Bertz CT molecular complexity index is 507. The zero-order valence-corrected chi connectivity index (χ0v) is 12.1. The fraction of sp³-hybridized carbons (Fsp3) is 0.500. The van der Waals surface area contributed by atoms with Crippen molar-refractivity contribution in [3.63, 3.8) is 0 Å². The van der Waals surface area contributed by atoms with Gasteiger partial charge in [-0.15, -0.1) is 0 Å². The van der Waals surface area contributed by atoms with E-state index < -0.39 is 6.04 Å². The Labute approximate surface area is 122 Å². The van der Waals surface area contributed by atoms with E-state index in [1.807, 2.05) is 0 Å². The predicted octanol–water partition coefficient (Wildman–Crippen LogP) is 2.29. The molecule has 0 spiro atoms. The molecule has 0 saturated carbocycles. The molecule has 2 heterocycles. The van der Waals surface area contributed by atoms with Crippen molar-refractivity contribution in [3.05, 3.63) is 29.0 Å². The zero-order valence-electron chi connectivity index (χ0n) is 11.3. The van der Waals surface area contributed by atoms with Crippen molar-refractivity contribution in [2.45, 2.75) is 32.2 Å². The topological polar surface area (TPSA) is 59.5 Å². The number of piperidine rings is 1. The number of carbonyl (C=O) groups excluding carboxylic acids is 2. The Hall–Kier alpha value is -1.62. The molecule has 1 atom stereocenters. The predicted molar refractivity (Wildman–Crippen MR) is 74.6 cm³/mol. The molecule has 20 heavy (non-hydrogen) atoms. The lowest BCUT2D eigenvalue weighted by Gasteiger charge is -2.34. The molecule has 1 saturated heterocycles.